The van der Waals surface area contributed by atoms with E-state index in [4.69, 9.17) is 5.73 Å². The summed E-state index contributed by atoms with van der Waals surface area (Å²) in [7, 11) is 0. The highest BCUT2D eigenvalue weighted by atomic mass is 16.2. The molecule has 0 aromatic rings. The third kappa shape index (κ3) is 2.71. The molecule has 0 aromatic carbocycles. The van der Waals surface area contributed by atoms with Crippen LogP contribution < -0.4 is 5.73 Å². The molecule has 0 aromatic heterocycles. The molecule has 0 heterocycles. The highest BCUT2D eigenvalue weighted by Crippen LogP contribution is 2.40. The number of amides is 1. The van der Waals surface area contributed by atoms with Crippen molar-refractivity contribution in [3.8, 4) is 0 Å². The van der Waals surface area contributed by atoms with Crippen molar-refractivity contribution < 1.29 is 4.79 Å². The summed E-state index contributed by atoms with van der Waals surface area (Å²) in [6, 6.07) is 0.803. The van der Waals surface area contributed by atoms with Gasteiger partial charge in [-0.2, -0.15) is 0 Å². The van der Waals surface area contributed by atoms with E-state index < -0.39 is 0 Å². The van der Waals surface area contributed by atoms with Gasteiger partial charge < -0.3 is 10.6 Å². The Balaban J connectivity index is 2.01. The van der Waals surface area contributed by atoms with Crippen molar-refractivity contribution in [3.05, 3.63) is 0 Å². The topological polar surface area (TPSA) is 46.3 Å². The molecule has 2 aliphatic rings. The number of hydrogen-bond acceptors (Lipinski definition) is 2. The van der Waals surface area contributed by atoms with Crippen molar-refractivity contribution in [3.63, 3.8) is 0 Å². The summed E-state index contributed by atoms with van der Waals surface area (Å²) < 4.78 is 0. The minimum absolute atomic E-state index is 0.0738. The summed E-state index contributed by atoms with van der Waals surface area (Å²) >= 11 is 0. The zero-order valence-corrected chi connectivity index (χ0v) is 12.0. The number of carbonyl (C=O) groups excluding carboxylic acids is 1. The Kier molecular flexibility index (Phi) is 4.31. The van der Waals surface area contributed by atoms with Gasteiger partial charge in [-0.05, 0) is 45.4 Å². The third-order valence-electron chi connectivity index (χ3n) is 5.01. The van der Waals surface area contributed by atoms with Gasteiger partial charge in [0.25, 0.3) is 0 Å². The lowest BCUT2D eigenvalue weighted by atomic mass is 9.84. The number of carbonyl (C=O) groups is 1. The van der Waals surface area contributed by atoms with Crippen LogP contribution in [0.5, 0.6) is 0 Å². The van der Waals surface area contributed by atoms with Crippen LogP contribution in [0.2, 0.25) is 0 Å². The van der Waals surface area contributed by atoms with E-state index in [-0.39, 0.29) is 5.41 Å². The summed E-state index contributed by atoms with van der Waals surface area (Å²) in [4.78, 5) is 14.9. The molecular weight excluding hydrogens is 224 g/mol. The zero-order chi connectivity index (χ0) is 13.2. The molecule has 0 radical (unpaired) electrons. The van der Waals surface area contributed by atoms with E-state index in [1.165, 1.54) is 12.8 Å². The van der Waals surface area contributed by atoms with Crippen molar-refractivity contribution in [1.82, 2.24) is 4.90 Å². The van der Waals surface area contributed by atoms with E-state index in [2.05, 4.69) is 18.7 Å². The van der Waals surface area contributed by atoms with Crippen LogP contribution in [0.1, 0.15) is 65.2 Å². The van der Waals surface area contributed by atoms with Gasteiger partial charge in [0.1, 0.15) is 0 Å². The van der Waals surface area contributed by atoms with Gasteiger partial charge in [-0.3, -0.25) is 4.79 Å². The summed E-state index contributed by atoms with van der Waals surface area (Å²) in [5, 5.41) is 0. The highest BCUT2D eigenvalue weighted by Gasteiger charge is 2.40. The van der Waals surface area contributed by atoms with Crippen LogP contribution in [0.25, 0.3) is 0 Å². The second-order valence-electron chi connectivity index (χ2n) is 6.43. The average Bonchev–Trinajstić information content (AvgIpc) is 2.81. The van der Waals surface area contributed by atoms with Gasteiger partial charge >= 0.3 is 0 Å². The van der Waals surface area contributed by atoms with Crippen molar-refractivity contribution in [2.24, 2.45) is 11.1 Å². The molecular formula is C15H28N2O. The molecule has 3 heteroatoms. The van der Waals surface area contributed by atoms with Gasteiger partial charge in [-0.1, -0.05) is 19.8 Å². The van der Waals surface area contributed by atoms with Crippen molar-refractivity contribution in [2.75, 3.05) is 6.54 Å². The van der Waals surface area contributed by atoms with Gasteiger partial charge in [0.2, 0.25) is 5.91 Å². The molecule has 0 atom stereocenters. The van der Waals surface area contributed by atoms with Gasteiger partial charge in [0.15, 0.2) is 0 Å². The van der Waals surface area contributed by atoms with Crippen LogP contribution in [0, 0.1) is 5.41 Å². The number of hydrogen-bond donors (Lipinski definition) is 1. The van der Waals surface area contributed by atoms with E-state index in [0.29, 0.717) is 18.0 Å². The highest BCUT2D eigenvalue weighted by molar-refractivity contribution is 5.83. The smallest absolute Gasteiger partial charge is 0.228 e. The molecule has 0 spiro atoms. The first-order valence-corrected chi connectivity index (χ1v) is 7.63. The van der Waals surface area contributed by atoms with E-state index in [0.717, 1.165) is 45.1 Å². The molecule has 2 fully saturated rings. The fourth-order valence-electron chi connectivity index (χ4n) is 3.70. The SMILES string of the molecule is CCN(C(=O)C1(C)CCCC1)C1CCC(N)CC1. The van der Waals surface area contributed by atoms with E-state index in [1.54, 1.807) is 0 Å². The normalized spacial score (nSPS) is 31.3. The Morgan fingerprint density at radius 1 is 1.22 bits per heavy atom. The summed E-state index contributed by atoms with van der Waals surface area (Å²) in [6.45, 7) is 5.14. The fraction of sp³-hybridized carbons (Fsp3) is 0.933. The van der Waals surface area contributed by atoms with Gasteiger partial charge in [-0.15, -0.1) is 0 Å². The molecule has 2 rings (SSSR count). The molecule has 18 heavy (non-hydrogen) atoms. The second-order valence-corrected chi connectivity index (χ2v) is 6.43. The largest absolute Gasteiger partial charge is 0.340 e. The predicted octanol–water partition coefficient (Wildman–Crippen LogP) is 2.69. The molecule has 0 unspecified atom stereocenters. The number of rotatable bonds is 3. The minimum atomic E-state index is -0.0738. The molecule has 2 aliphatic carbocycles. The van der Waals surface area contributed by atoms with Crippen LogP contribution in [0.4, 0.5) is 0 Å². The first-order valence-electron chi connectivity index (χ1n) is 7.63. The first kappa shape index (κ1) is 13.9. The standard InChI is InChI=1S/C15H28N2O/c1-3-17(13-8-6-12(16)7-9-13)14(18)15(2)10-4-5-11-15/h12-13H,3-11,16H2,1-2H3. The molecule has 2 saturated carbocycles. The lowest BCUT2D eigenvalue weighted by Crippen LogP contribution is -2.49. The lowest BCUT2D eigenvalue weighted by Gasteiger charge is -2.39. The van der Waals surface area contributed by atoms with Crippen LogP contribution in [-0.4, -0.2) is 29.4 Å². The van der Waals surface area contributed by atoms with E-state index in [9.17, 15) is 4.79 Å². The number of nitrogens with two attached hydrogens (primary N) is 1. The summed E-state index contributed by atoms with van der Waals surface area (Å²) in [6.07, 6.45) is 8.93. The van der Waals surface area contributed by atoms with E-state index >= 15 is 0 Å². The average molecular weight is 252 g/mol. The molecule has 0 bridgehead atoms. The Hall–Kier alpha value is -0.570. The maximum atomic E-state index is 12.8. The molecule has 0 aliphatic heterocycles. The predicted molar refractivity (Wildman–Crippen MR) is 74.2 cm³/mol. The quantitative estimate of drug-likeness (QED) is 0.839. The Morgan fingerprint density at radius 3 is 2.28 bits per heavy atom. The molecule has 0 saturated heterocycles. The maximum Gasteiger partial charge on any atom is 0.228 e. The van der Waals surface area contributed by atoms with Gasteiger partial charge in [0, 0.05) is 24.0 Å². The Morgan fingerprint density at radius 2 is 1.78 bits per heavy atom. The Labute approximate surface area is 111 Å². The Bertz CT molecular complexity index is 289. The van der Waals surface area contributed by atoms with Crippen LogP contribution in [0.3, 0.4) is 0 Å². The summed E-state index contributed by atoms with van der Waals surface area (Å²) in [5.41, 5.74) is 5.89. The molecule has 3 nitrogen and oxygen atoms in total. The van der Waals surface area contributed by atoms with Gasteiger partial charge in [-0.25, -0.2) is 0 Å². The molecule has 2 N–H and O–H groups in total. The lowest BCUT2D eigenvalue weighted by molar-refractivity contribution is -0.144. The van der Waals surface area contributed by atoms with Gasteiger partial charge in [0.05, 0.1) is 0 Å². The maximum absolute atomic E-state index is 12.8. The third-order valence-corrected chi connectivity index (χ3v) is 5.01. The zero-order valence-electron chi connectivity index (χ0n) is 12.0. The summed E-state index contributed by atoms with van der Waals surface area (Å²) in [5.74, 6) is 0.406. The van der Waals surface area contributed by atoms with E-state index in [1.807, 2.05) is 0 Å². The molecule has 104 valence electrons. The number of nitrogens with zero attached hydrogens (tertiary/aromatic N) is 1. The van der Waals surface area contributed by atoms with Crippen LogP contribution in [0.15, 0.2) is 0 Å². The molecule has 1 amide bonds. The first-order chi connectivity index (χ1) is 8.57. The monoisotopic (exact) mass is 252 g/mol. The van der Waals surface area contributed by atoms with Crippen molar-refractivity contribution in [1.29, 1.82) is 0 Å². The minimum Gasteiger partial charge on any atom is -0.340 e. The second kappa shape index (κ2) is 5.60. The van der Waals surface area contributed by atoms with Crippen LogP contribution >= 0.6 is 0 Å². The fourth-order valence-corrected chi connectivity index (χ4v) is 3.70. The van der Waals surface area contributed by atoms with Crippen molar-refractivity contribution >= 4 is 5.91 Å². The van der Waals surface area contributed by atoms with Crippen molar-refractivity contribution in [2.45, 2.75) is 77.3 Å². The van der Waals surface area contributed by atoms with Crippen LogP contribution in [-0.2, 0) is 4.79 Å².